The van der Waals surface area contributed by atoms with Crippen molar-refractivity contribution in [2.45, 2.75) is 32.6 Å². The number of carbonyl (C=O) groups is 1. The molecule has 0 bridgehead atoms. The quantitative estimate of drug-likeness (QED) is 0.718. The fourth-order valence-corrected chi connectivity index (χ4v) is 2.95. The number of para-hydroxylation sites is 1. The van der Waals surface area contributed by atoms with Crippen molar-refractivity contribution in [1.82, 2.24) is 5.43 Å². The Morgan fingerprint density at radius 2 is 1.83 bits per heavy atom. The van der Waals surface area contributed by atoms with Crippen molar-refractivity contribution in [3.63, 3.8) is 0 Å². The Hall–Kier alpha value is -2.33. The van der Waals surface area contributed by atoms with Gasteiger partial charge >= 0.3 is 6.03 Å². The Kier molecular flexibility index (Phi) is 5.16. The summed E-state index contributed by atoms with van der Waals surface area (Å²) >= 11 is 5.97. The SMILES string of the molecule is CCCCCC1=NNC(=O)N(c2ccc(Cl)cc2)c2ccccc21. The minimum absolute atomic E-state index is 0.268. The summed E-state index contributed by atoms with van der Waals surface area (Å²) in [4.78, 5) is 14.3. The maximum atomic E-state index is 12.6. The molecule has 0 saturated heterocycles. The molecule has 0 saturated carbocycles. The largest absolute Gasteiger partial charge is 0.346 e. The van der Waals surface area contributed by atoms with E-state index in [4.69, 9.17) is 11.6 Å². The number of benzene rings is 2. The molecule has 1 heterocycles. The number of fused-ring (bicyclic) bond motifs is 1. The highest BCUT2D eigenvalue weighted by Crippen LogP contribution is 2.32. The van der Waals surface area contributed by atoms with Crippen molar-refractivity contribution in [2.75, 3.05) is 4.90 Å². The van der Waals surface area contributed by atoms with Crippen LogP contribution in [0.15, 0.2) is 53.6 Å². The number of hydrazone groups is 1. The van der Waals surface area contributed by atoms with Crippen LogP contribution in [0.2, 0.25) is 5.02 Å². The van der Waals surface area contributed by atoms with Gasteiger partial charge in [0, 0.05) is 10.6 Å². The molecule has 2 amide bonds. The second kappa shape index (κ2) is 7.49. The van der Waals surface area contributed by atoms with Crippen LogP contribution >= 0.6 is 11.6 Å². The number of carbonyl (C=O) groups excluding carboxylic acids is 1. The highest BCUT2D eigenvalue weighted by atomic mass is 35.5. The fourth-order valence-electron chi connectivity index (χ4n) is 2.83. The van der Waals surface area contributed by atoms with E-state index in [-0.39, 0.29) is 6.03 Å². The molecule has 0 aromatic heterocycles. The van der Waals surface area contributed by atoms with Gasteiger partial charge in [-0.15, -0.1) is 0 Å². The minimum Gasteiger partial charge on any atom is -0.261 e. The number of nitrogens with one attached hydrogen (secondary N) is 1. The molecule has 1 N–H and O–H groups in total. The first-order valence-corrected chi connectivity index (χ1v) is 8.60. The molecular formula is C19H20ClN3O. The number of urea groups is 1. The van der Waals surface area contributed by atoms with Gasteiger partial charge in [0.25, 0.3) is 0 Å². The average Bonchev–Trinajstić information content (AvgIpc) is 2.73. The number of halogens is 1. The zero-order chi connectivity index (χ0) is 16.9. The van der Waals surface area contributed by atoms with Crippen molar-refractivity contribution in [2.24, 2.45) is 5.10 Å². The molecule has 124 valence electrons. The molecular weight excluding hydrogens is 322 g/mol. The van der Waals surface area contributed by atoms with Gasteiger partial charge in [-0.05, 0) is 43.2 Å². The molecule has 5 heteroatoms. The average molecular weight is 342 g/mol. The normalized spacial score (nSPS) is 13.8. The Bertz CT molecular complexity index is 755. The zero-order valence-corrected chi connectivity index (χ0v) is 14.4. The lowest BCUT2D eigenvalue weighted by Gasteiger charge is -2.22. The number of amides is 2. The van der Waals surface area contributed by atoms with Gasteiger partial charge < -0.3 is 0 Å². The molecule has 4 nitrogen and oxygen atoms in total. The van der Waals surface area contributed by atoms with Crippen LogP contribution in [0, 0.1) is 0 Å². The van der Waals surface area contributed by atoms with Crippen LogP contribution in [0.25, 0.3) is 0 Å². The first-order valence-electron chi connectivity index (χ1n) is 8.22. The summed E-state index contributed by atoms with van der Waals surface area (Å²) in [6, 6.07) is 14.8. The van der Waals surface area contributed by atoms with E-state index in [9.17, 15) is 4.79 Å². The van der Waals surface area contributed by atoms with Crippen LogP contribution in [-0.2, 0) is 0 Å². The van der Waals surface area contributed by atoms with Crippen molar-refractivity contribution in [1.29, 1.82) is 0 Å². The van der Waals surface area contributed by atoms with Gasteiger partial charge in [-0.2, -0.15) is 5.10 Å². The molecule has 0 spiro atoms. The van der Waals surface area contributed by atoms with Crippen LogP contribution in [0.1, 0.15) is 38.2 Å². The third-order valence-corrected chi connectivity index (χ3v) is 4.30. The second-order valence-electron chi connectivity index (χ2n) is 5.76. The molecule has 2 aromatic rings. The van der Waals surface area contributed by atoms with E-state index in [0.717, 1.165) is 48.3 Å². The van der Waals surface area contributed by atoms with E-state index in [2.05, 4.69) is 17.5 Å². The number of rotatable bonds is 5. The molecule has 1 aliphatic rings. The maximum absolute atomic E-state index is 12.6. The molecule has 0 radical (unpaired) electrons. The summed E-state index contributed by atoms with van der Waals surface area (Å²) in [5, 5.41) is 5.00. The summed E-state index contributed by atoms with van der Waals surface area (Å²) in [5.41, 5.74) is 6.18. The summed E-state index contributed by atoms with van der Waals surface area (Å²) in [6.07, 6.45) is 4.20. The number of hydrogen-bond donors (Lipinski definition) is 1. The number of anilines is 2. The van der Waals surface area contributed by atoms with Crippen LogP contribution in [0.4, 0.5) is 16.2 Å². The van der Waals surface area contributed by atoms with E-state index in [1.54, 1.807) is 17.0 Å². The van der Waals surface area contributed by atoms with Gasteiger partial charge in [-0.1, -0.05) is 49.6 Å². The lowest BCUT2D eigenvalue weighted by molar-refractivity contribution is 0.249. The standard InChI is InChI=1S/C19H20ClN3O/c1-2-3-4-8-17-16-7-5-6-9-18(16)23(19(24)22-21-17)15-12-10-14(20)11-13-15/h5-7,9-13H,2-4,8H2,1H3,(H,22,24). The fraction of sp³-hybridized carbons (Fsp3) is 0.263. The molecule has 0 unspecified atom stereocenters. The Balaban J connectivity index is 2.01. The highest BCUT2D eigenvalue weighted by molar-refractivity contribution is 6.30. The van der Waals surface area contributed by atoms with Crippen LogP contribution < -0.4 is 10.3 Å². The third kappa shape index (κ3) is 3.44. The monoisotopic (exact) mass is 341 g/mol. The van der Waals surface area contributed by atoms with Crippen molar-refractivity contribution < 1.29 is 4.79 Å². The molecule has 3 rings (SSSR count). The number of nitrogens with zero attached hydrogens (tertiary/aromatic N) is 2. The lowest BCUT2D eigenvalue weighted by Crippen LogP contribution is -2.33. The number of hydrogen-bond acceptors (Lipinski definition) is 2. The smallest absolute Gasteiger partial charge is 0.261 e. The van der Waals surface area contributed by atoms with Gasteiger partial charge in [-0.3, -0.25) is 4.90 Å². The predicted octanol–water partition coefficient (Wildman–Crippen LogP) is 5.49. The topological polar surface area (TPSA) is 44.7 Å². The molecule has 24 heavy (non-hydrogen) atoms. The van der Waals surface area contributed by atoms with Gasteiger partial charge in [0.2, 0.25) is 0 Å². The maximum Gasteiger partial charge on any atom is 0.346 e. The van der Waals surface area contributed by atoms with Crippen LogP contribution in [-0.4, -0.2) is 11.7 Å². The van der Waals surface area contributed by atoms with Gasteiger partial charge in [0.15, 0.2) is 0 Å². The van der Waals surface area contributed by atoms with Crippen molar-refractivity contribution in [3.05, 3.63) is 59.1 Å². The molecule has 1 aliphatic heterocycles. The van der Waals surface area contributed by atoms with Gasteiger partial charge in [-0.25, -0.2) is 10.2 Å². The van der Waals surface area contributed by atoms with E-state index in [1.165, 1.54) is 0 Å². The second-order valence-corrected chi connectivity index (χ2v) is 6.20. The molecule has 0 fully saturated rings. The summed E-state index contributed by atoms with van der Waals surface area (Å²) in [7, 11) is 0. The van der Waals surface area contributed by atoms with Crippen molar-refractivity contribution in [3.8, 4) is 0 Å². The summed E-state index contributed by atoms with van der Waals surface area (Å²) in [5.74, 6) is 0. The molecule has 2 aromatic carbocycles. The summed E-state index contributed by atoms with van der Waals surface area (Å²) in [6.45, 7) is 2.17. The zero-order valence-electron chi connectivity index (χ0n) is 13.6. The predicted molar refractivity (Wildman–Crippen MR) is 99.2 cm³/mol. The van der Waals surface area contributed by atoms with E-state index in [0.29, 0.717) is 5.02 Å². The third-order valence-electron chi connectivity index (χ3n) is 4.05. The molecule has 0 aliphatic carbocycles. The highest BCUT2D eigenvalue weighted by Gasteiger charge is 2.25. The number of unbranched alkanes of at least 4 members (excludes halogenated alkanes) is 2. The Morgan fingerprint density at radius 3 is 2.58 bits per heavy atom. The van der Waals surface area contributed by atoms with Gasteiger partial charge in [0.05, 0.1) is 17.1 Å². The lowest BCUT2D eigenvalue weighted by atomic mass is 10.0. The minimum atomic E-state index is -0.268. The van der Waals surface area contributed by atoms with Crippen LogP contribution in [0.5, 0.6) is 0 Å². The van der Waals surface area contributed by atoms with E-state index >= 15 is 0 Å². The van der Waals surface area contributed by atoms with Crippen LogP contribution in [0.3, 0.4) is 0 Å². The molecule has 0 atom stereocenters. The van der Waals surface area contributed by atoms with E-state index < -0.39 is 0 Å². The Morgan fingerprint density at radius 1 is 1.08 bits per heavy atom. The van der Waals surface area contributed by atoms with E-state index in [1.807, 2.05) is 36.4 Å². The summed E-state index contributed by atoms with van der Waals surface area (Å²) < 4.78 is 0. The first kappa shape index (κ1) is 16.5. The van der Waals surface area contributed by atoms with Gasteiger partial charge in [0.1, 0.15) is 0 Å². The first-order chi connectivity index (χ1) is 11.7. The van der Waals surface area contributed by atoms with Crippen molar-refractivity contribution >= 4 is 34.7 Å². The Labute approximate surface area is 147 Å².